The molecule has 5 nitrogen and oxygen atoms in total. The van der Waals surface area contributed by atoms with Crippen molar-refractivity contribution in [2.24, 2.45) is 5.92 Å². The number of carboxylic acid groups (broad SMARTS) is 1. The molecule has 0 aliphatic carbocycles. The molecule has 0 aliphatic heterocycles. The molecule has 1 aromatic carbocycles. The van der Waals surface area contributed by atoms with Gasteiger partial charge in [-0.15, -0.1) is 0 Å². The predicted molar refractivity (Wildman–Crippen MR) is 87.5 cm³/mol. The van der Waals surface area contributed by atoms with Gasteiger partial charge < -0.3 is 21.9 Å². The van der Waals surface area contributed by atoms with Crippen LogP contribution in [0.2, 0.25) is 0 Å². The van der Waals surface area contributed by atoms with Gasteiger partial charge in [0, 0.05) is 0 Å². The molecule has 118 valence electrons. The Labute approximate surface area is 126 Å². The molecule has 0 bridgehead atoms. The fourth-order valence-corrected chi connectivity index (χ4v) is 2.43. The van der Waals surface area contributed by atoms with Crippen molar-refractivity contribution in [1.29, 1.82) is 0 Å². The fraction of sp³-hybridized carbons (Fsp3) is 0.562. The summed E-state index contributed by atoms with van der Waals surface area (Å²) >= 11 is 0. The maximum absolute atomic E-state index is 11.0. The molecular weight excluding hydrogens is 266 g/mol. The van der Waals surface area contributed by atoms with Crippen LogP contribution in [-0.2, 0) is 6.42 Å². The van der Waals surface area contributed by atoms with Crippen LogP contribution in [-0.4, -0.2) is 24.2 Å². The molecule has 0 aromatic heterocycles. The van der Waals surface area contributed by atoms with Crippen LogP contribution in [0.3, 0.4) is 0 Å². The lowest BCUT2D eigenvalue weighted by Crippen LogP contribution is -2.22. The number of anilines is 2. The van der Waals surface area contributed by atoms with E-state index in [0.717, 1.165) is 31.5 Å². The SMILES string of the molecule is CCCC(C)CNCCCc1ccc(C(=O)O)c(N)c1N. The first-order chi connectivity index (χ1) is 9.97. The van der Waals surface area contributed by atoms with E-state index in [9.17, 15) is 4.79 Å². The summed E-state index contributed by atoms with van der Waals surface area (Å²) in [6.07, 6.45) is 4.21. The van der Waals surface area contributed by atoms with Gasteiger partial charge in [-0.3, -0.25) is 0 Å². The number of hydrogen-bond donors (Lipinski definition) is 4. The molecule has 0 amide bonds. The number of carboxylic acids is 1. The van der Waals surface area contributed by atoms with Crippen LogP contribution in [0.4, 0.5) is 11.4 Å². The number of hydrogen-bond acceptors (Lipinski definition) is 4. The van der Waals surface area contributed by atoms with E-state index in [4.69, 9.17) is 16.6 Å². The first kappa shape index (κ1) is 17.3. The van der Waals surface area contributed by atoms with E-state index in [0.29, 0.717) is 11.6 Å². The zero-order valence-electron chi connectivity index (χ0n) is 13.0. The zero-order chi connectivity index (χ0) is 15.8. The molecule has 21 heavy (non-hydrogen) atoms. The van der Waals surface area contributed by atoms with Crippen molar-refractivity contribution in [3.63, 3.8) is 0 Å². The van der Waals surface area contributed by atoms with Crippen LogP contribution in [0.15, 0.2) is 12.1 Å². The molecule has 6 N–H and O–H groups in total. The summed E-state index contributed by atoms with van der Waals surface area (Å²) in [5.41, 5.74) is 13.2. The Hall–Kier alpha value is -1.75. The molecular formula is C16H27N3O2. The number of carbonyl (C=O) groups is 1. The molecule has 0 fully saturated rings. The molecule has 0 radical (unpaired) electrons. The highest BCUT2D eigenvalue weighted by atomic mass is 16.4. The second-order valence-electron chi connectivity index (χ2n) is 5.61. The highest BCUT2D eigenvalue weighted by Gasteiger charge is 2.12. The van der Waals surface area contributed by atoms with E-state index in [-0.39, 0.29) is 11.3 Å². The van der Waals surface area contributed by atoms with E-state index in [2.05, 4.69) is 19.2 Å². The van der Waals surface area contributed by atoms with E-state index in [1.54, 1.807) is 6.07 Å². The van der Waals surface area contributed by atoms with E-state index >= 15 is 0 Å². The van der Waals surface area contributed by atoms with Gasteiger partial charge in [-0.2, -0.15) is 0 Å². The summed E-state index contributed by atoms with van der Waals surface area (Å²) in [6.45, 7) is 6.40. The third-order valence-corrected chi connectivity index (χ3v) is 3.68. The normalized spacial score (nSPS) is 12.3. The lowest BCUT2D eigenvalue weighted by Gasteiger charge is -2.13. The van der Waals surface area contributed by atoms with Gasteiger partial charge in [0.1, 0.15) is 0 Å². The average molecular weight is 293 g/mol. The third-order valence-electron chi connectivity index (χ3n) is 3.68. The minimum absolute atomic E-state index is 0.0720. The van der Waals surface area contributed by atoms with Gasteiger partial charge >= 0.3 is 5.97 Å². The van der Waals surface area contributed by atoms with Gasteiger partial charge in [-0.25, -0.2) is 4.79 Å². The van der Waals surface area contributed by atoms with Crippen LogP contribution in [0, 0.1) is 5.92 Å². The monoisotopic (exact) mass is 293 g/mol. The van der Waals surface area contributed by atoms with Crippen molar-refractivity contribution in [1.82, 2.24) is 5.32 Å². The number of nitrogen functional groups attached to an aromatic ring is 2. The number of nitrogens with one attached hydrogen (secondary N) is 1. The van der Waals surface area contributed by atoms with Crippen molar-refractivity contribution in [2.45, 2.75) is 39.5 Å². The summed E-state index contributed by atoms with van der Waals surface area (Å²) in [6, 6.07) is 3.29. The van der Waals surface area contributed by atoms with Crippen LogP contribution in [0.25, 0.3) is 0 Å². The Morgan fingerprint density at radius 2 is 2.05 bits per heavy atom. The molecule has 0 aliphatic rings. The summed E-state index contributed by atoms with van der Waals surface area (Å²) in [4.78, 5) is 11.0. The van der Waals surface area contributed by atoms with Crippen molar-refractivity contribution in [3.05, 3.63) is 23.3 Å². The van der Waals surface area contributed by atoms with Crippen LogP contribution >= 0.6 is 0 Å². The number of nitrogens with two attached hydrogens (primary N) is 2. The van der Waals surface area contributed by atoms with Crippen molar-refractivity contribution in [3.8, 4) is 0 Å². The van der Waals surface area contributed by atoms with E-state index in [1.807, 2.05) is 0 Å². The lowest BCUT2D eigenvalue weighted by molar-refractivity contribution is 0.0698. The highest BCUT2D eigenvalue weighted by Crippen LogP contribution is 2.25. The summed E-state index contributed by atoms with van der Waals surface area (Å²) < 4.78 is 0. The molecule has 0 heterocycles. The summed E-state index contributed by atoms with van der Waals surface area (Å²) in [7, 11) is 0. The molecule has 1 rings (SSSR count). The predicted octanol–water partition coefficient (Wildman–Crippen LogP) is 2.51. The smallest absolute Gasteiger partial charge is 0.337 e. The van der Waals surface area contributed by atoms with Crippen LogP contribution in [0.5, 0.6) is 0 Å². The Morgan fingerprint density at radius 3 is 2.67 bits per heavy atom. The second-order valence-corrected chi connectivity index (χ2v) is 5.61. The van der Waals surface area contributed by atoms with Crippen molar-refractivity contribution >= 4 is 17.3 Å². The molecule has 1 atom stereocenters. The quantitative estimate of drug-likeness (QED) is 0.414. The second kappa shape index (κ2) is 8.52. The maximum atomic E-state index is 11.0. The fourth-order valence-electron chi connectivity index (χ4n) is 2.43. The standard InChI is InChI=1S/C16H27N3O2/c1-3-5-11(2)10-19-9-4-6-12-7-8-13(16(20)21)15(18)14(12)17/h7-8,11,19H,3-6,9-10,17-18H2,1-2H3,(H,20,21). The Balaban J connectivity index is 2.43. The zero-order valence-corrected chi connectivity index (χ0v) is 13.0. The number of aryl methyl sites for hydroxylation is 1. The van der Waals surface area contributed by atoms with Gasteiger partial charge in [-0.05, 0) is 49.9 Å². The Bertz CT molecular complexity index is 475. The number of rotatable bonds is 9. The van der Waals surface area contributed by atoms with Gasteiger partial charge in [0.2, 0.25) is 0 Å². The number of aromatic carboxylic acids is 1. The van der Waals surface area contributed by atoms with Gasteiger partial charge in [0.05, 0.1) is 16.9 Å². The van der Waals surface area contributed by atoms with E-state index < -0.39 is 5.97 Å². The van der Waals surface area contributed by atoms with Crippen LogP contribution < -0.4 is 16.8 Å². The average Bonchev–Trinajstić information content (AvgIpc) is 2.43. The van der Waals surface area contributed by atoms with Gasteiger partial charge in [0.15, 0.2) is 0 Å². The molecule has 0 saturated heterocycles. The van der Waals surface area contributed by atoms with Gasteiger partial charge in [-0.1, -0.05) is 26.3 Å². The minimum Gasteiger partial charge on any atom is -0.478 e. The lowest BCUT2D eigenvalue weighted by atomic mass is 10.0. The Kier molecular flexibility index (Phi) is 7.02. The third kappa shape index (κ3) is 5.27. The molecule has 1 aromatic rings. The highest BCUT2D eigenvalue weighted by molar-refractivity contribution is 5.97. The van der Waals surface area contributed by atoms with Crippen molar-refractivity contribution < 1.29 is 9.90 Å². The minimum atomic E-state index is -1.04. The summed E-state index contributed by atoms with van der Waals surface area (Å²) in [5.74, 6) is -0.345. The first-order valence-corrected chi connectivity index (χ1v) is 7.58. The van der Waals surface area contributed by atoms with E-state index in [1.165, 1.54) is 18.9 Å². The first-order valence-electron chi connectivity index (χ1n) is 7.58. The van der Waals surface area contributed by atoms with Crippen molar-refractivity contribution in [2.75, 3.05) is 24.6 Å². The summed E-state index contributed by atoms with van der Waals surface area (Å²) in [5, 5.41) is 12.4. The largest absolute Gasteiger partial charge is 0.478 e. The number of benzene rings is 1. The molecule has 0 saturated carbocycles. The Morgan fingerprint density at radius 1 is 1.33 bits per heavy atom. The van der Waals surface area contributed by atoms with Gasteiger partial charge in [0.25, 0.3) is 0 Å². The molecule has 0 spiro atoms. The van der Waals surface area contributed by atoms with Crippen LogP contribution in [0.1, 0.15) is 49.0 Å². The maximum Gasteiger partial charge on any atom is 0.337 e. The topological polar surface area (TPSA) is 101 Å². The molecule has 5 heteroatoms. The molecule has 1 unspecified atom stereocenters.